The SMILES string of the molecule is CC1CCN(C(=O)c2cc(F)c(F)c(O)c2F)CC1Br. The van der Waals surface area contributed by atoms with E-state index in [2.05, 4.69) is 15.9 Å². The molecule has 1 aliphatic heterocycles. The average Bonchev–Trinajstić information content (AvgIpc) is 2.43. The summed E-state index contributed by atoms with van der Waals surface area (Å²) in [5, 5.41) is 9.14. The van der Waals surface area contributed by atoms with Crippen LogP contribution in [-0.2, 0) is 0 Å². The Morgan fingerprint density at radius 3 is 2.65 bits per heavy atom. The van der Waals surface area contributed by atoms with Crippen molar-refractivity contribution >= 4 is 21.8 Å². The number of phenols is 1. The van der Waals surface area contributed by atoms with Crippen molar-refractivity contribution in [3.8, 4) is 5.75 Å². The summed E-state index contributed by atoms with van der Waals surface area (Å²) in [6.45, 7) is 2.77. The van der Waals surface area contributed by atoms with Gasteiger partial charge >= 0.3 is 0 Å². The van der Waals surface area contributed by atoms with Gasteiger partial charge < -0.3 is 10.0 Å². The van der Waals surface area contributed by atoms with Crippen LogP contribution in [0.2, 0.25) is 0 Å². The van der Waals surface area contributed by atoms with E-state index in [1.165, 1.54) is 4.90 Å². The molecule has 1 aliphatic rings. The third-order valence-electron chi connectivity index (χ3n) is 3.52. The Kier molecular flexibility index (Phi) is 4.27. The number of alkyl halides is 1. The van der Waals surface area contributed by atoms with Crippen LogP contribution < -0.4 is 0 Å². The molecule has 1 saturated heterocycles. The molecule has 2 atom stereocenters. The number of hydrogen-bond acceptors (Lipinski definition) is 2. The minimum Gasteiger partial charge on any atom is -0.503 e. The lowest BCUT2D eigenvalue weighted by Crippen LogP contribution is -2.43. The Bertz CT molecular complexity index is 553. The van der Waals surface area contributed by atoms with Crippen molar-refractivity contribution in [1.82, 2.24) is 4.90 Å². The fraction of sp³-hybridized carbons (Fsp3) is 0.462. The summed E-state index contributed by atoms with van der Waals surface area (Å²) in [6, 6.07) is 0.480. The van der Waals surface area contributed by atoms with Gasteiger partial charge in [0.25, 0.3) is 5.91 Å². The highest BCUT2D eigenvalue weighted by Crippen LogP contribution is 2.29. The second-order valence-corrected chi connectivity index (χ2v) is 6.09. The molecular weight excluding hydrogens is 339 g/mol. The predicted molar refractivity (Wildman–Crippen MR) is 70.4 cm³/mol. The molecule has 0 radical (unpaired) electrons. The topological polar surface area (TPSA) is 40.5 Å². The first-order chi connectivity index (χ1) is 9.32. The maximum Gasteiger partial charge on any atom is 0.257 e. The van der Waals surface area contributed by atoms with Crippen molar-refractivity contribution < 1.29 is 23.1 Å². The molecule has 1 amide bonds. The van der Waals surface area contributed by atoms with E-state index < -0.39 is 34.7 Å². The largest absolute Gasteiger partial charge is 0.503 e. The van der Waals surface area contributed by atoms with E-state index in [9.17, 15) is 18.0 Å². The Hall–Kier alpha value is -1.24. The van der Waals surface area contributed by atoms with Crippen molar-refractivity contribution in [2.24, 2.45) is 5.92 Å². The van der Waals surface area contributed by atoms with Crippen LogP contribution in [0, 0.1) is 23.4 Å². The molecule has 1 N–H and O–H groups in total. The highest BCUT2D eigenvalue weighted by Gasteiger charge is 2.31. The standard InChI is InChI=1S/C13H13BrF3NO2/c1-6-2-3-18(5-8(6)14)13(20)7-4-9(15)11(17)12(19)10(7)16/h4,6,8,19H,2-3,5H2,1H3. The lowest BCUT2D eigenvalue weighted by molar-refractivity contribution is 0.0699. The van der Waals surface area contributed by atoms with E-state index in [4.69, 9.17) is 5.11 Å². The summed E-state index contributed by atoms with van der Waals surface area (Å²) >= 11 is 3.42. The number of halogens is 4. The van der Waals surface area contributed by atoms with Gasteiger partial charge in [0, 0.05) is 17.9 Å². The Labute approximate surface area is 122 Å². The number of benzene rings is 1. The zero-order valence-corrected chi connectivity index (χ0v) is 12.3. The molecule has 1 aromatic rings. The fourth-order valence-electron chi connectivity index (χ4n) is 2.12. The van der Waals surface area contributed by atoms with Gasteiger partial charge in [0.2, 0.25) is 5.82 Å². The van der Waals surface area contributed by atoms with Crippen LogP contribution in [0.25, 0.3) is 0 Å². The van der Waals surface area contributed by atoms with Crippen LogP contribution in [-0.4, -0.2) is 33.8 Å². The number of amides is 1. The maximum absolute atomic E-state index is 13.7. The predicted octanol–water partition coefficient (Wildman–Crippen LogP) is 3.06. The van der Waals surface area contributed by atoms with Gasteiger partial charge in [0.1, 0.15) is 0 Å². The van der Waals surface area contributed by atoms with E-state index in [0.717, 1.165) is 6.42 Å². The minimum atomic E-state index is -1.69. The number of carbonyl (C=O) groups is 1. The molecular formula is C13H13BrF3NO2. The molecule has 20 heavy (non-hydrogen) atoms. The number of phenolic OH excluding ortho intramolecular Hbond substituents is 1. The second-order valence-electron chi connectivity index (χ2n) is 4.92. The van der Waals surface area contributed by atoms with Crippen LogP contribution in [0.4, 0.5) is 13.2 Å². The van der Waals surface area contributed by atoms with E-state index in [-0.39, 0.29) is 4.83 Å². The second kappa shape index (κ2) is 5.63. The highest BCUT2D eigenvalue weighted by atomic mass is 79.9. The summed E-state index contributed by atoms with van der Waals surface area (Å²) in [5.74, 6) is -6.43. The van der Waals surface area contributed by atoms with Gasteiger partial charge in [0.05, 0.1) is 5.56 Å². The van der Waals surface area contributed by atoms with Crippen molar-refractivity contribution in [2.75, 3.05) is 13.1 Å². The summed E-state index contributed by atoms with van der Waals surface area (Å²) in [6.07, 6.45) is 0.721. The summed E-state index contributed by atoms with van der Waals surface area (Å²) < 4.78 is 39.9. The van der Waals surface area contributed by atoms with Crippen LogP contribution in [0.15, 0.2) is 6.07 Å². The Morgan fingerprint density at radius 2 is 2.05 bits per heavy atom. The third-order valence-corrected chi connectivity index (χ3v) is 4.71. The van der Waals surface area contributed by atoms with Gasteiger partial charge in [-0.25, -0.2) is 8.78 Å². The quantitative estimate of drug-likeness (QED) is 0.624. The van der Waals surface area contributed by atoms with Crippen molar-refractivity contribution in [3.05, 3.63) is 29.1 Å². The summed E-state index contributed by atoms with van der Waals surface area (Å²) in [5.41, 5.74) is -0.657. The van der Waals surface area contributed by atoms with Crippen molar-refractivity contribution in [1.29, 1.82) is 0 Å². The van der Waals surface area contributed by atoms with Gasteiger partial charge in [-0.1, -0.05) is 22.9 Å². The number of carbonyl (C=O) groups excluding carboxylic acids is 1. The molecule has 1 heterocycles. The molecule has 7 heteroatoms. The number of nitrogens with zero attached hydrogens (tertiary/aromatic N) is 1. The number of rotatable bonds is 1. The fourth-order valence-corrected chi connectivity index (χ4v) is 2.74. The number of piperidine rings is 1. The lowest BCUT2D eigenvalue weighted by atomic mass is 9.98. The number of hydrogen-bond donors (Lipinski definition) is 1. The van der Waals surface area contributed by atoms with Gasteiger partial charge in [-0.2, -0.15) is 4.39 Å². The monoisotopic (exact) mass is 351 g/mol. The van der Waals surface area contributed by atoms with Crippen LogP contribution in [0.3, 0.4) is 0 Å². The van der Waals surface area contributed by atoms with Crippen LogP contribution >= 0.6 is 15.9 Å². The molecule has 0 saturated carbocycles. The smallest absolute Gasteiger partial charge is 0.257 e. The first kappa shape index (κ1) is 15.2. The van der Waals surface area contributed by atoms with E-state index >= 15 is 0 Å². The molecule has 0 spiro atoms. The minimum absolute atomic E-state index is 0.0575. The van der Waals surface area contributed by atoms with Crippen molar-refractivity contribution in [3.63, 3.8) is 0 Å². The summed E-state index contributed by atoms with van der Waals surface area (Å²) in [4.78, 5) is 13.6. The third kappa shape index (κ3) is 2.63. The lowest BCUT2D eigenvalue weighted by Gasteiger charge is -2.34. The molecule has 1 aromatic carbocycles. The van der Waals surface area contributed by atoms with Gasteiger partial charge in [-0.05, 0) is 18.4 Å². The van der Waals surface area contributed by atoms with Gasteiger partial charge in [-0.3, -0.25) is 4.79 Å². The average molecular weight is 352 g/mol. The molecule has 0 aromatic heterocycles. The molecule has 0 bridgehead atoms. The van der Waals surface area contributed by atoms with Gasteiger partial charge in [-0.15, -0.1) is 0 Å². The first-order valence-corrected chi connectivity index (χ1v) is 7.04. The highest BCUT2D eigenvalue weighted by molar-refractivity contribution is 9.09. The zero-order chi connectivity index (χ0) is 15.0. The Balaban J connectivity index is 2.30. The first-order valence-electron chi connectivity index (χ1n) is 6.12. The summed E-state index contributed by atoms with van der Waals surface area (Å²) in [7, 11) is 0. The number of likely N-dealkylation sites (tertiary alicyclic amines) is 1. The molecule has 1 fully saturated rings. The molecule has 2 unspecified atom stereocenters. The van der Waals surface area contributed by atoms with Gasteiger partial charge in [0.15, 0.2) is 17.4 Å². The van der Waals surface area contributed by atoms with Crippen LogP contribution in [0.5, 0.6) is 5.75 Å². The normalized spacial score (nSPS) is 22.9. The van der Waals surface area contributed by atoms with E-state index in [1.54, 1.807) is 0 Å². The van der Waals surface area contributed by atoms with E-state index in [1.807, 2.05) is 6.92 Å². The molecule has 0 aliphatic carbocycles. The molecule has 110 valence electrons. The molecule has 3 nitrogen and oxygen atoms in total. The Morgan fingerprint density at radius 1 is 1.40 bits per heavy atom. The zero-order valence-electron chi connectivity index (χ0n) is 10.7. The molecule has 2 rings (SSSR count). The maximum atomic E-state index is 13.7. The number of aromatic hydroxyl groups is 1. The van der Waals surface area contributed by atoms with Crippen molar-refractivity contribution in [2.45, 2.75) is 18.2 Å². The van der Waals surface area contributed by atoms with E-state index in [0.29, 0.717) is 25.1 Å². The van der Waals surface area contributed by atoms with Crippen LogP contribution in [0.1, 0.15) is 23.7 Å².